The Bertz CT molecular complexity index is 946. The van der Waals surface area contributed by atoms with Crippen LogP contribution < -0.4 is 20.9 Å². The molecule has 2 heterocycles. The summed E-state index contributed by atoms with van der Waals surface area (Å²) < 4.78 is 7.69. The lowest BCUT2D eigenvalue weighted by atomic mass is 10.2. The van der Waals surface area contributed by atoms with Crippen LogP contribution in [-0.4, -0.2) is 53.2 Å². The lowest BCUT2D eigenvalue weighted by Gasteiger charge is -2.25. The molecular formula is C19H24N4O4. The Morgan fingerprint density at radius 3 is 2.33 bits per heavy atom. The molecule has 1 fully saturated rings. The molecule has 8 nitrogen and oxygen atoms in total. The van der Waals surface area contributed by atoms with E-state index in [2.05, 4.69) is 0 Å². The van der Waals surface area contributed by atoms with Crippen molar-refractivity contribution < 1.29 is 9.53 Å². The first-order valence-electron chi connectivity index (χ1n) is 8.87. The van der Waals surface area contributed by atoms with E-state index < -0.39 is 0 Å². The van der Waals surface area contributed by atoms with Crippen LogP contribution in [-0.2, 0) is 14.1 Å². The highest BCUT2D eigenvalue weighted by Gasteiger charge is 2.22. The van der Waals surface area contributed by atoms with Gasteiger partial charge in [-0.05, 0) is 30.7 Å². The number of aromatic nitrogens is 2. The first kappa shape index (κ1) is 18.8. The number of carbonyl (C=O) groups is 1. The van der Waals surface area contributed by atoms with E-state index in [0.29, 0.717) is 43.3 Å². The normalized spacial score (nSPS) is 14.8. The number of carbonyl (C=O) groups excluding carboxylic acids is 1. The largest absolute Gasteiger partial charge is 0.497 e. The van der Waals surface area contributed by atoms with Crippen molar-refractivity contribution in [2.24, 2.45) is 14.1 Å². The van der Waals surface area contributed by atoms with Crippen molar-refractivity contribution in [1.29, 1.82) is 0 Å². The number of anilines is 1. The maximum atomic E-state index is 12.8. The van der Waals surface area contributed by atoms with Crippen LogP contribution in [0, 0.1) is 0 Å². The molecule has 144 valence electrons. The number of amides is 1. The molecule has 2 aromatic rings. The number of hydrogen-bond donors (Lipinski definition) is 0. The predicted molar refractivity (Wildman–Crippen MR) is 103 cm³/mol. The van der Waals surface area contributed by atoms with Crippen molar-refractivity contribution in [2.45, 2.75) is 6.42 Å². The maximum absolute atomic E-state index is 12.8. The van der Waals surface area contributed by atoms with E-state index in [1.54, 1.807) is 43.3 Å². The van der Waals surface area contributed by atoms with Crippen LogP contribution in [0.2, 0.25) is 0 Å². The van der Waals surface area contributed by atoms with Gasteiger partial charge in [-0.3, -0.25) is 18.7 Å². The average molecular weight is 372 g/mol. The van der Waals surface area contributed by atoms with Gasteiger partial charge in [0.1, 0.15) is 11.6 Å². The van der Waals surface area contributed by atoms with E-state index in [1.165, 1.54) is 17.7 Å². The van der Waals surface area contributed by atoms with Crippen LogP contribution in [0.15, 0.2) is 39.9 Å². The Balaban J connectivity index is 1.77. The van der Waals surface area contributed by atoms with Crippen LogP contribution in [0.5, 0.6) is 5.75 Å². The van der Waals surface area contributed by atoms with Crippen LogP contribution in [0.3, 0.4) is 0 Å². The Hall–Kier alpha value is -3.03. The van der Waals surface area contributed by atoms with Gasteiger partial charge >= 0.3 is 5.69 Å². The highest BCUT2D eigenvalue weighted by Crippen LogP contribution is 2.16. The van der Waals surface area contributed by atoms with E-state index in [0.717, 1.165) is 11.0 Å². The first-order valence-corrected chi connectivity index (χ1v) is 8.87. The minimum absolute atomic E-state index is 0.0302. The third-order valence-corrected chi connectivity index (χ3v) is 4.94. The SMILES string of the molecule is COc1ccc(C(=O)N2CCCN(c3cc(=O)n(C)c(=O)n3C)CC2)cc1. The number of rotatable bonds is 3. The molecule has 1 amide bonds. The molecule has 1 aliphatic rings. The summed E-state index contributed by atoms with van der Waals surface area (Å²) in [4.78, 5) is 40.7. The van der Waals surface area contributed by atoms with Crippen molar-refractivity contribution in [3.63, 3.8) is 0 Å². The number of hydrogen-bond acceptors (Lipinski definition) is 5. The lowest BCUT2D eigenvalue weighted by Crippen LogP contribution is -2.41. The molecule has 0 aliphatic carbocycles. The van der Waals surface area contributed by atoms with Crippen molar-refractivity contribution in [3.05, 3.63) is 56.7 Å². The van der Waals surface area contributed by atoms with E-state index in [9.17, 15) is 14.4 Å². The molecule has 0 spiro atoms. The minimum Gasteiger partial charge on any atom is -0.497 e. The summed E-state index contributed by atoms with van der Waals surface area (Å²) >= 11 is 0. The second-order valence-corrected chi connectivity index (χ2v) is 6.60. The number of ether oxygens (including phenoxy) is 1. The van der Waals surface area contributed by atoms with Crippen molar-refractivity contribution in [3.8, 4) is 5.75 Å². The Morgan fingerprint density at radius 2 is 1.67 bits per heavy atom. The van der Waals surface area contributed by atoms with E-state index in [4.69, 9.17) is 4.74 Å². The fourth-order valence-electron chi connectivity index (χ4n) is 3.29. The second kappa shape index (κ2) is 7.69. The maximum Gasteiger partial charge on any atom is 0.332 e. The molecule has 0 radical (unpaired) electrons. The fraction of sp³-hybridized carbons (Fsp3) is 0.421. The monoisotopic (exact) mass is 372 g/mol. The van der Waals surface area contributed by atoms with Crippen molar-refractivity contribution in [1.82, 2.24) is 14.0 Å². The van der Waals surface area contributed by atoms with Gasteiger partial charge < -0.3 is 14.5 Å². The van der Waals surface area contributed by atoms with Crippen molar-refractivity contribution in [2.75, 3.05) is 38.2 Å². The summed E-state index contributed by atoms with van der Waals surface area (Å²) in [5.74, 6) is 1.26. The first-order chi connectivity index (χ1) is 12.9. The van der Waals surface area contributed by atoms with E-state index in [-0.39, 0.29) is 17.2 Å². The van der Waals surface area contributed by atoms with E-state index >= 15 is 0 Å². The molecule has 1 aromatic carbocycles. The van der Waals surface area contributed by atoms with Gasteiger partial charge in [0, 0.05) is 51.9 Å². The van der Waals surface area contributed by atoms with Crippen molar-refractivity contribution >= 4 is 11.7 Å². The van der Waals surface area contributed by atoms with Gasteiger partial charge in [-0.2, -0.15) is 0 Å². The molecule has 1 aromatic heterocycles. The summed E-state index contributed by atoms with van der Waals surface area (Å²) in [6.07, 6.45) is 0.755. The second-order valence-electron chi connectivity index (χ2n) is 6.60. The van der Waals surface area contributed by atoms with Crippen LogP contribution >= 0.6 is 0 Å². The third kappa shape index (κ3) is 3.74. The summed E-state index contributed by atoms with van der Waals surface area (Å²) in [6.45, 7) is 2.38. The topological polar surface area (TPSA) is 76.8 Å². The molecule has 0 atom stereocenters. The molecule has 0 bridgehead atoms. The molecule has 0 N–H and O–H groups in total. The van der Waals surface area contributed by atoms with Gasteiger partial charge in [0.25, 0.3) is 11.5 Å². The van der Waals surface area contributed by atoms with Gasteiger partial charge in [-0.15, -0.1) is 0 Å². The molecular weight excluding hydrogens is 348 g/mol. The minimum atomic E-state index is -0.354. The average Bonchev–Trinajstić information content (AvgIpc) is 2.95. The molecule has 27 heavy (non-hydrogen) atoms. The Labute approximate surface area is 157 Å². The number of benzene rings is 1. The van der Waals surface area contributed by atoms with Crippen LogP contribution in [0.1, 0.15) is 16.8 Å². The van der Waals surface area contributed by atoms with Crippen LogP contribution in [0.4, 0.5) is 5.82 Å². The molecule has 3 rings (SSSR count). The Morgan fingerprint density at radius 1 is 0.963 bits per heavy atom. The zero-order valence-electron chi connectivity index (χ0n) is 15.8. The summed E-state index contributed by atoms with van der Waals surface area (Å²) in [6, 6.07) is 8.53. The molecule has 1 saturated heterocycles. The van der Waals surface area contributed by atoms with E-state index in [1.807, 2.05) is 4.90 Å². The lowest BCUT2D eigenvalue weighted by molar-refractivity contribution is 0.0767. The zero-order chi connectivity index (χ0) is 19.6. The summed E-state index contributed by atoms with van der Waals surface area (Å²) in [5, 5.41) is 0. The van der Waals surface area contributed by atoms with Gasteiger partial charge in [0.15, 0.2) is 0 Å². The highest BCUT2D eigenvalue weighted by molar-refractivity contribution is 5.94. The van der Waals surface area contributed by atoms with Gasteiger partial charge in [-0.1, -0.05) is 0 Å². The Kier molecular flexibility index (Phi) is 5.34. The molecule has 0 unspecified atom stereocenters. The quantitative estimate of drug-likeness (QED) is 0.782. The summed E-state index contributed by atoms with van der Waals surface area (Å²) in [7, 11) is 4.71. The zero-order valence-corrected chi connectivity index (χ0v) is 15.8. The van der Waals surface area contributed by atoms with Crippen LogP contribution in [0.25, 0.3) is 0 Å². The van der Waals surface area contributed by atoms with Gasteiger partial charge in [0.05, 0.1) is 7.11 Å². The molecule has 0 saturated carbocycles. The standard InChI is InChI=1S/C19H24N4O4/c1-20-16(13-17(24)21(2)19(20)26)22-9-4-10-23(12-11-22)18(25)14-5-7-15(27-3)8-6-14/h5-8,13H,4,9-12H2,1-3H3. The highest BCUT2D eigenvalue weighted by atomic mass is 16.5. The number of methoxy groups -OCH3 is 1. The molecule has 8 heteroatoms. The predicted octanol–water partition coefficient (Wildman–Crippen LogP) is 0.445. The summed E-state index contributed by atoms with van der Waals surface area (Å²) in [5.41, 5.74) is -0.0679. The fourth-order valence-corrected chi connectivity index (χ4v) is 3.29. The smallest absolute Gasteiger partial charge is 0.332 e. The number of nitrogens with zero attached hydrogens (tertiary/aromatic N) is 4. The third-order valence-electron chi connectivity index (χ3n) is 4.94. The molecule has 1 aliphatic heterocycles. The van der Waals surface area contributed by atoms with Gasteiger partial charge in [0.2, 0.25) is 0 Å². The van der Waals surface area contributed by atoms with Gasteiger partial charge in [-0.25, -0.2) is 4.79 Å².